The van der Waals surface area contributed by atoms with Gasteiger partial charge in [0.25, 0.3) is 0 Å². The Bertz CT molecular complexity index is 375. The predicted molar refractivity (Wildman–Crippen MR) is 68.0 cm³/mol. The first-order valence-electron chi connectivity index (χ1n) is 5.67. The molecule has 0 saturated heterocycles. The van der Waals surface area contributed by atoms with Crippen molar-refractivity contribution in [1.82, 2.24) is 20.4 Å². The first kappa shape index (κ1) is 14.0. The maximum Gasteiger partial charge on any atom is 0.242 e. The third-order valence-corrected chi connectivity index (χ3v) is 3.06. The highest BCUT2D eigenvalue weighted by Gasteiger charge is 2.25. The number of nitrogens with one attached hydrogen (secondary N) is 2. The Morgan fingerprint density at radius 3 is 2.71 bits per heavy atom. The standard InChI is InChI=1S/C11H18N4O.ClH/c1-12-10(8-6-13-15(2)7-8)11(16)14-9-4-3-5-9;/h6-7,9-10,12H,3-5H2,1-2H3,(H,14,16);1H. The Morgan fingerprint density at radius 1 is 1.59 bits per heavy atom. The number of nitrogens with zero attached hydrogens (tertiary/aromatic N) is 2. The topological polar surface area (TPSA) is 59.0 Å². The lowest BCUT2D eigenvalue weighted by Crippen LogP contribution is -2.44. The van der Waals surface area contributed by atoms with Gasteiger partial charge in [0.15, 0.2) is 0 Å². The molecule has 1 aliphatic rings. The average molecular weight is 259 g/mol. The van der Waals surface area contributed by atoms with E-state index in [0.717, 1.165) is 18.4 Å². The van der Waals surface area contributed by atoms with Gasteiger partial charge in [-0.3, -0.25) is 9.48 Å². The monoisotopic (exact) mass is 258 g/mol. The molecule has 1 fully saturated rings. The Hall–Kier alpha value is -1.07. The van der Waals surface area contributed by atoms with Crippen LogP contribution in [0.1, 0.15) is 30.9 Å². The summed E-state index contributed by atoms with van der Waals surface area (Å²) < 4.78 is 1.70. The lowest BCUT2D eigenvalue weighted by molar-refractivity contribution is -0.124. The van der Waals surface area contributed by atoms with E-state index in [4.69, 9.17) is 0 Å². The molecule has 1 unspecified atom stereocenters. The third-order valence-electron chi connectivity index (χ3n) is 3.06. The van der Waals surface area contributed by atoms with Crippen molar-refractivity contribution in [3.8, 4) is 0 Å². The molecular formula is C11H19ClN4O. The van der Waals surface area contributed by atoms with E-state index in [1.807, 2.05) is 13.2 Å². The molecule has 2 N–H and O–H groups in total. The fourth-order valence-corrected chi connectivity index (χ4v) is 1.88. The number of hydrogen-bond acceptors (Lipinski definition) is 3. The lowest BCUT2D eigenvalue weighted by Gasteiger charge is -2.28. The molecule has 0 spiro atoms. The maximum atomic E-state index is 12.0. The molecule has 6 heteroatoms. The van der Waals surface area contributed by atoms with Crippen molar-refractivity contribution in [2.75, 3.05) is 7.05 Å². The van der Waals surface area contributed by atoms with Crippen LogP contribution >= 0.6 is 12.4 Å². The molecule has 0 radical (unpaired) electrons. The molecule has 0 aromatic carbocycles. The SMILES string of the molecule is CNC(C(=O)NC1CCC1)c1cnn(C)c1.Cl. The summed E-state index contributed by atoms with van der Waals surface area (Å²) in [5, 5.41) is 10.1. The number of carbonyl (C=O) groups excluding carboxylic acids is 1. The van der Waals surface area contributed by atoms with Crippen LogP contribution in [0.15, 0.2) is 12.4 Å². The van der Waals surface area contributed by atoms with E-state index in [1.54, 1.807) is 17.9 Å². The lowest BCUT2D eigenvalue weighted by atomic mass is 9.92. The Balaban J connectivity index is 0.00000144. The summed E-state index contributed by atoms with van der Waals surface area (Å²) in [6.45, 7) is 0. The highest BCUT2D eigenvalue weighted by atomic mass is 35.5. The zero-order valence-electron chi connectivity index (χ0n) is 10.1. The number of likely N-dealkylation sites (N-methyl/N-ethyl adjacent to an activating group) is 1. The second-order valence-electron chi connectivity index (χ2n) is 4.31. The van der Waals surface area contributed by atoms with E-state index in [1.165, 1.54) is 6.42 Å². The van der Waals surface area contributed by atoms with Gasteiger partial charge in [-0.25, -0.2) is 0 Å². The zero-order valence-corrected chi connectivity index (χ0v) is 11.0. The quantitative estimate of drug-likeness (QED) is 0.839. The summed E-state index contributed by atoms with van der Waals surface area (Å²) in [4.78, 5) is 12.0. The minimum Gasteiger partial charge on any atom is -0.352 e. The molecule has 96 valence electrons. The molecule has 1 aromatic heterocycles. The highest BCUT2D eigenvalue weighted by molar-refractivity contribution is 5.85. The van der Waals surface area contributed by atoms with Crippen LogP contribution in [0.4, 0.5) is 0 Å². The highest BCUT2D eigenvalue weighted by Crippen LogP contribution is 2.19. The van der Waals surface area contributed by atoms with Gasteiger partial charge < -0.3 is 10.6 Å². The fourth-order valence-electron chi connectivity index (χ4n) is 1.88. The van der Waals surface area contributed by atoms with Crippen molar-refractivity contribution in [2.24, 2.45) is 7.05 Å². The molecule has 1 atom stereocenters. The minimum absolute atomic E-state index is 0. The number of amides is 1. The largest absolute Gasteiger partial charge is 0.352 e. The van der Waals surface area contributed by atoms with Crippen molar-refractivity contribution < 1.29 is 4.79 Å². The molecule has 1 aromatic rings. The molecule has 1 aliphatic carbocycles. The minimum atomic E-state index is -0.297. The normalized spacial score (nSPS) is 16.8. The van der Waals surface area contributed by atoms with Gasteiger partial charge in [-0.2, -0.15) is 5.10 Å². The van der Waals surface area contributed by atoms with Crippen LogP contribution in [0.2, 0.25) is 0 Å². The van der Waals surface area contributed by atoms with Crippen LogP contribution in [0.25, 0.3) is 0 Å². The molecule has 0 aliphatic heterocycles. The van der Waals surface area contributed by atoms with E-state index in [-0.39, 0.29) is 24.4 Å². The van der Waals surface area contributed by atoms with Crippen molar-refractivity contribution in [3.63, 3.8) is 0 Å². The summed E-state index contributed by atoms with van der Waals surface area (Å²) in [6.07, 6.45) is 7.02. The first-order chi connectivity index (χ1) is 7.70. The maximum absolute atomic E-state index is 12.0. The van der Waals surface area contributed by atoms with E-state index in [0.29, 0.717) is 6.04 Å². The molecule has 1 saturated carbocycles. The molecule has 5 nitrogen and oxygen atoms in total. The van der Waals surface area contributed by atoms with Crippen molar-refractivity contribution in [2.45, 2.75) is 31.3 Å². The number of rotatable bonds is 4. The Kier molecular flexibility index (Phi) is 4.96. The van der Waals surface area contributed by atoms with Gasteiger partial charge in [-0.05, 0) is 26.3 Å². The third kappa shape index (κ3) is 3.20. The smallest absolute Gasteiger partial charge is 0.242 e. The van der Waals surface area contributed by atoms with Gasteiger partial charge in [0.2, 0.25) is 5.91 Å². The van der Waals surface area contributed by atoms with Gasteiger partial charge in [-0.1, -0.05) is 0 Å². The van der Waals surface area contributed by atoms with Crippen LogP contribution in [0.5, 0.6) is 0 Å². The van der Waals surface area contributed by atoms with Crippen LogP contribution in [-0.4, -0.2) is 28.8 Å². The molecule has 1 amide bonds. The van der Waals surface area contributed by atoms with Crippen LogP contribution in [-0.2, 0) is 11.8 Å². The van der Waals surface area contributed by atoms with Gasteiger partial charge in [0.1, 0.15) is 6.04 Å². The van der Waals surface area contributed by atoms with Gasteiger partial charge in [0.05, 0.1) is 6.20 Å². The van der Waals surface area contributed by atoms with Crippen LogP contribution < -0.4 is 10.6 Å². The van der Waals surface area contributed by atoms with Crippen molar-refractivity contribution in [3.05, 3.63) is 18.0 Å². The van der Waals surface area contributed by atoms with Crippen molar-refractivity contribution in [1.29, 1.82) is 0 Å². The molecule has 2 rings (SSSR count). The summed E-state index contributed by atoms with van der Waals surface area (Å²) in [5.41, 5.74) is 0.904. The summed E-state index contributed by atoms with van der Waals surface area (Å²) >= 11 is 0. The second-order valence-corrected chi connectivity index (χ2v) is 4.31. The Morgan fingerprint density at radius 2 is 2.29 bits per heavy atom. The summed E-state index contributed by atoms with van der Waals surface area (Å²) in [6, 6.07) is 0.0781. The first-order valence-corrected chi connectivity index (χ1v) is 5.67. The molecule has 0 bridgehead atoms. The fraction of sp³-hybridized carbons (Fsp3) is 0.636. The van der Waals surface area contributed by atoms with Gasteiger partial charge >= 0.3 is 0 Å². The number of hydrogen-bond donors (Lipinski definition) is 2. The average Bonchev–Trinajstić information content (AvgIpc) is 2.60. The van der Waals surface area contributed by atoms with Crippen LogP contribution in [0.3, 0.4) is 0 Å². The molecular weight excluding hydrogens is 240 g/mol. The Labute approximate surface area is 107 Å². The number of carbonyl (C=O) groups is 1. The van der Waals surface area contributed by atoms with E-state index in [9.17, 15) is 4.79 Å². The van der Waals surface area contributed by atoms with E-state index in [2.05, 4.69) is 15.7 Å². The zero-order chi connectivity index (χ0) is 11.5. The van der Waals surface area contributed by atoms with Gasteiger partial charge in [0, 0.05) is 24.8 Å². The van der Waals surface area contributed by atoms with Crippen LogP contribution in [0, 0.1) is 0 Å². The van der Waals surface area contributed by atoms with Gasteiger partial charge in [-0.15, -0.1) is 12.4 Å². The molecule has 1 heterocycles. The second kappa shape index (κ2) is 6.02. The predicted octanol–water partition coefficient (Wildman–Crippen LogP) is 0.771. The number of aryl methyl sites for hydroxylation is 1. The number of halogens is 1. The van der Waals surface area contributed by atoms with E-state index < -0.39 is 0 Å². The van der Waals surface area contributed by atoms with E-state index >= 15 is 0 Å². The molecule has 17 heavy (non-hydrogen) atoms. The summed E-state index contributed by atoms with van der Waals surface area (Å²) in [7, 11) is 3.64. The summed E-state index contributed by atoms with van der Waals surface area (Å²) in [5.74, 6) is 0.0419. The number of aromatic nitrogens is 2. The van der Waals surface area contributed by atoms with Crippen molar-refractivity contribution >= 4 is 18.3 Å².